The first kappa shape index (κ1) is 11.4. The summed E-state index contributed by atoms with van der Waals surface area (Å²) in [5.41, 5.74) is 2.40. The Labute approximate surface area is 105 Å². The molecule has 4 nitrogen and oxygen atoms in total. The highest BCUT2D eigenvalue weighted by Gasteiger charge is 2.21. The maximum atomic E-state index is 11.1. The fourth-order valence-corrected chi connectivity index (χ4v) is 2.88. The molecule has 18 heavy (non-hydrogen) atoms. The maximum absolute atomic E-state index is 11.1. The van der Waals surface area contributed by atoms with Crippen LogP contribution in [0.25, 0.3) is 11.1 Å². The number of aromatic nitrogens is 1. The van der Waals surface area contributed by atoms with Gasteiger partial charge in [-0.1, -0.05) is 12.8 Å². The topological polar surface area (TPSA) is 58.0 Å². The molecule has 1 fully saturated rings. The molecule has 2 aromatic rings. The van der Waals surface area contributed by atoms with Crippen LogP contribution in [0.3, 0.4) is 0 Å². The third kappa shape index (κ3) is 2.15. The van der Waals surface area contributed by atoms with Crippen LogP contribution in [0.2, 0.25) is 0 Å². The number of nitrogens with one attached hydrogen (secondary N) is 2. The molecule has 1 aliphatic rings. The minimum atomic E-state index is -0.397. The summed E-state index contributed by atoms with van der Waals surface area (Å²) in [6, 6.07) is 6.20. The lowest BCUT2D eigenvalue weighted by Gasteiger charge is -2.21. The van der Waals surface area contributed by atoms with Crippen LogP contribution in [-0.2, 0) is 0 Å². The molecule has 1 heterocycles. The third-order valence-corrected chi connectivity index (χ3v) is 3.92. The Bertz CT molecular complexity index is 593. The average Bonchev–Trinajstić information content (AvgIpc) is 2.95. The summed E-state index contributed by atoms with van der Waals surface area (Å²) in [6.45, 7) is 2.23. The van der Waals surface area contributed by atoms with Crippen molar-refractivity contribution in [2.75, 3.05) is 5.32 Å². The quantitative estimate of drug-likeness (QED) is 0.874. The minimum absolute atomic E-state index is 0.397. The molecule has 1 saturated carbocycles. The smallest absolute Gasteiger partial charge is 0.408 e. The number of H-pyrrole nitrogens is 1. The van der Waals surface area contributed by atoms with Gasteiger partial charge in [0.05, 0.1) is 5.52 Å². The highest BCUT2D eigenvalue weighted by atomic mass is 16.4. The second-order valence-electron chi connectivity index (χ2n) is 5.20. The lowest BCUT2D eigenvalue weighted by atomic mass is 9.99. The monoisotopic (exact) mass is 246 g/mol. The van der Waals surface area contributed by atoms with Gasteiger partial charge in [0.2, 0.25) is 0 Å². The Morgan fingerprint density at radius 2 is 2.17 bits per heavy atom. The van der Waals surface area contributed by atoms with Crippen molar-refractivity contribution in [2.45, 2.75) is 38.6 Å². The van der Waals surface area contributed by atoms with Crippen LogP contribution in [-0.4, -0.2) is 11.0 Å². The molecule has 1 aromatic carbocycles. The SMILES string of the molecule is CC(Nc1ccc2oc(=O)[nH]c2c1)C1CCCC1. The van der Waals surface area contributed by atoms with Crippen molar-refractivity contribution < 1.29 is 4.42 Å². The number of hydrogen-bond donors (Lipinski definition) is 2. The molecule has 2 N–H and O–H groups in total. The highest BCUT2D eigenvalue weighted by Crippen LogP contribution is 2.29. The number of oxazole rings is 1. The van der Waals surface area contributed by atoms with Crippen LogP contribution >= 0.6 is 0 Å². The molecule has 1 aromatic heterocycles. The van der Waals surface area contributed by atoms with E-state index in [0.29, 0.717) is 11.6 Å². The Hall–Kier alpha value is -1.71. The average molecular weight is 246 g/mol. The zero-order valence-electron chi connectivity index (χ0n) is 10.5. The summed E-state index contributed by atoms with van der Waals surface area (Å²) in [5.74, 6) is 0.370. The van der Waals surface area contributed by atoms with Crippen molar-refractivity contribution in [2.24, 2.45) is 5.92 Å². The predicted molar refractivity (Wildman–Crippen MR) is 71.9 cm³/mol. The van der Waals surface area contributed by atoms with Crippen LogP contribution in [0.5, 0.6) is 0 Å². The molecule has 1 aliphatic carbocycles. The first-order valence-corrected chi connectivity index (χ1v) is 6.62. The summed E-state index contributed by atoms with van der Waals surface area (Å²) < 4.78 is 4.99. The number of fused-ring (bicyclic) bond motifs is 1. The Kier molecular flexibility index (Phi) is 2.86. The van der Waals surface area contributed by atoms with Crippen LogP contribution in [0.15, 0.2) is 27.4 Å². The van der Waals surface area contributed by atoms with Gasteiger partial charge in [-0.05, 0) is 43.9 Å². The van der Waals surface area contributed by atoms with Crippen LogP contribution in [0.4, 0.5) is 5.69 Å². The van der Waals surface area contributed by atoms with Crippen LogP contribution in [0, 0.1) is 5.92 Å². The van der Waals surface area contributed by atoms with E-state index in [4.69, 9.17) is 4.42 Å². The number of rotatable bonds is 3. The first-order chi connectivity index (χ1) is 8.72. The van der Waals surface area contributed by atoms with Gasteiger partial charge in [-0.15, -0.1) is 0 Å². The van der Waals surface area contributed by atoms with E-state index in [1.807, 2.05) is 18.2 Å². The normalized spacial score (nSPS) is 18.3. The summed E-state index contributed by atoms with van der Waals surface area (Å²) in [6.07, 6.45) is 5.34. The second-order valence-corrected chi connectivity index (χ2v) is 5.20. The van der Waals surface area contributed by atoms with Crippen molar-refractivity contribution in [3.63, 3.8) is 0 Å². The van der Waals surface area contributed by atoms with Gasteiger partial charge in [-0.25, -0.2) is 4.79 Å². The molecular weight excluding hydrogens is 228 g/mol. The van der Waals surface area contributed by atoms with Crippen molar-refractivity contribution in [3.8, 4) is 0 Å². The molecule has 0 spiro atoms. The van der Waals surface area contributed by atoms with Crippen molar-refractivity contribution >= 4 is 16.8 Å². The third-order valence-electron chi connectivity index (χ3n) is 3.92. The molecule has 0 amide bonds. The van der Waals surface area contributed by atoms with Gasteiger partial charge in [0.15, 0.2) is 5.58 Å². The van der Waals surface area contributed by atoms with E-state index in [2.05, 4.69) is 17.2 Å². The molecule has 1 unspecified atom stereocenters. The van der Waals surface area contributed by atoms with Gasteiger partial charge >= 0.3 is 5.76 Å². The van der Waals surface area contributed by atoms with Gasteiger partial charge in [-0.3, -0.25) is 4.98 Å². The second kappa shape index (κ2) is 4.52. The molecule has 3 rings (SSSR count). The maximum Gasteiger partial charge on any atom is 0.417 e. The molecule has 0 radical (unpaired) electrons. The van der Waals surface area contributed by atoms with Gasteiger partial charge in [0.1, 0.15) is 0 Å². The molecule has 0 aliphatic heterocycles. The van der Waals surface area contributed by atoms with E-state index in [-0.39, 0.29) is 0 Å². The summed E-state index contributed by atoms with van der Waals surface area (Å²) in [7, 11) is 0. The minimum Gasteiger partial charge on any atom is -0.408 e. The predicted octanol–water partition coefficient (Wildman–Crippen LogP) is 3.11. The van der Waals surface area contributed by atoms with Crippen LogP contribution in [0.1, 0.15) is 32.6 Å². The molecule has 1 atom stereocenters. The molecular formula is C14H18N2O2. The van der Waals surface area contributed by atoms with Gasteiger partial charge in [0.25, 0.3) is 0 Å². The Morgan fingerprint density at radius 1 is 1.39 bits per heavy atom. The number of anilines is 1. The number of hydrogen-bond acceptors (Lipinski definition) is 3. The lowest BCUT2D eigenvalue weighted by Crippen LogP contribution is -2.23. The van der Waals surface area contributed by atoms with Gasteiger partial charge < -0.3 is 9.73 Å². The molecule has 96 valence electrons. The first-order valence-electron chi connectivity index (χ1n) is 6.62. The number of benzene rings is 1. The van der Waals surface area contributed by atoms with E-state index in [1.54, 1.807) is 0 Å². The van der Waals surface area contributed by atoms with Crippen molar-refractivity contribution in [1.82, 2.24) is 4.98 Å². The summed E-state index contributed by atoms with van der Waals surface area (Å²) in [4.78, 5) is 13.8. The fraction of sp³-hybridized carbons (Fsp3) is 0.500. The van der Waals surface area contributed by atoms with Crippen molar-refractivity contribution in [1.29, 1.82) is 0 Å². The summed E-state index contributed by atoms with van der Waals surface area (Å²) >= 11 is 0. The van der Waals surface area contributed by atoms with Crippen LogP contribution < -0.4 is 11.1 Å². The fourth-order valence-electron chi connectivity index (χ4n) is 2.88. The van der Waals surface area contributed by atoms with E-state index >= 15 is 0 Å². The highest BCUT2D eigenvalue weighted by molar-refractivity contribution is 5.76. The van der Waals surface area contributed by atoms with E-state index in [9.17, 15) is 4.79 Å². The molecule has 4 heteroatoms. The van der Waals surface area contributed by atoms with E-state index in [1.165, 1.54) is 25.7 Å². The van der Waals surface area contributed by atoms with Gasteiger partial charge in [0, 0.05) is 11.7 Å². The van der Waals surface area contributed by atoms with E-state index in [0.717, 1.165) is 17.1 Å². The Balaban J connectivity index is 1.79. The zero-order valence-corrected chi connectivity index (χ0v) is 10.5. The Morgan fingerprint density at radius 3 is 2.94 bits per heavy atom. The lowest BCUT2D eigenvalue weighted by molar-refractivity contribution is 0.482. The number of aromatic amines is 1. The largest absolute Gasteiger partial charge is 0.417 e. The zero-order chi connectivity index (χ0) is 12.5. The van der Waals surface area contributed by atoms with E-state index < -0.39 is 5.76 Å². The summed E-state index contributed by atoms with van der Waals surface area (Å²) in [5, 5.41) is 3.52. The molecule has 0 saturated heterocycles. The van der Waals surface area contributed by atoms with Crippen molar-refractivity contribution in [3.05, 3.63) is 28.7 Å². The van der Waals surface area contributed by atoms with Gasteiger partial charge in [-0.2, -0.15) is 0 Å². The standard InChI is InChI=1S/C14H18N2O2/c1-9(10-4-2-3-5-10)15-11-6-7-13-12(8-11)16-14(17)18-13/h6-10,15H,2-5H2,1H3,(H,16,17). The molecule has 0 bridgehead atoms.